The van der Waals surface area contributed by atoms with E-state index in [0.717, 1.165) is 11.1 Å². The molecule has 1 saturated heterocycles. The van der Waals surface area contributed by atoms with Crippen LogP contribution in [0.15, 0.2) is 54.6 Å². The predicted molar refractivity (Wildman–Crippen MR) is 105 cm³/mol. The Labute approximate surface area is 197 Å². The number of carbonyl (C=O) groups excluding carboxylic acids is 2. The van der Waals surface area contributed by atoms with Crippen molar-refractivity contribution in [3.63, 3.8) is 0 Å². The first-order valence-electron chi connectivity index (χ1n) is 8.79. The molecule has 148 valence electrons. The third-order valence-corrected chi connectivity index (χ3v) is 4.68. The number of hydrogen-bond donors (Lipinski definition) is 4. The maximum Gasteiger partial charge on any atom is 1.00 e. The topological polar surface area (TPSA) is 117 Å². The van der Waals surface area contributed by atoms with E-state index in [1.807, 2.05) is 30.3 Å². The number of carboxylic acid groups (broad SMARTS) is 1. The van der Waals surface area contributed by atoms with Crippen molar-refractivity contribution >= 4 is 29.4 Å². The summed E-state index contributed by atoms with van der Waals surface area (Å²) in [5.74, 6) is -1.94. The van der Waals surface area contributed by atoms with E-state index < -0.39 is 30.0 Å². The summed E-state index contributed by atoms with van der Waals surface area (Å²) in [6, 6.07) is 13.8. The molecule has 1 aliphatic rings. The Morgan fingerprint density at radius 2 is 1.69 bits per heavy atom. The number of carbonyl (C=O) groups is 3. The van der Waals surface area contributed by atoms with Gasteiger partial charge in [0.2, 0.25) is 11.8 Å². The fourth-order valence-electron chi connectivity index (χ4n) is 2.81. The van der Waals surface area contributed by atoms with E-state index in [-0.39, 0.29) is 43.4 Å². The molecule has 0 aliphatic carbocycles. The van der Waals surface area contributed by atoms with E-state index in [0.29, 0.717) is 11.4 Å². The zero-order chi connectivity index (χ0) is 20.1. The third kappa shape index (κ3) is 6.83. The van der Waals surface area contributed by atoms with Crippen LogP contribution in [-0.2, 0) is 27.3 Å². The summed E-state index contributed by atoms with van der Waals surface area (Å²) in [6.07, 6.45) is 0.295. The number of amides is 2. The van der Waals surface area contributed by atoms with Crippen molar-refractivity contribution in [2.24, 2.45) is 0 Å². The van der Waals surface area contributed by atoms with Gasteiger partial charge in [0.05, 0.1) is 0 Å². The molecule has 1 fully saturated rings. The van der Waals surface area contributed by atoms with Gasteiger partial charge in [0.25, 0.3) is 0 Å². The molecule has 9 heteroatoms. The van der Waals surface area contributed by atoms with Crippen molar-refractivity contribution in [1.29, 1.82) is 0 Å². The molecule has 3 rings (SSSR count). The first-order chi connectivity index (χ1) is 13.4. The van der Waals surface area contributed by atoms with Crippen molar-refractivity contribution in [2.45, 2.75) is 31.1 Å². The number of nitrogens with one attached hydrogen (secondary N) is 3. The number of halogens is 1. The van der Waals surface area contributed by atoms with E-state index >= 15 is 0 Å². The molecule has 0 aromatic heterocycles. The van der Waals surface area contributed by atoms with Gasteiger partial charge in [0.15, 0.2) is 0 Å². The van der Waals surface area contributed by atoms with Gasteiger partial charge in [-0.15, -0.1) is 0 Å². The van der Waals surface area contributed by atoms with Gasteiger partial charge in [0, 0.05) is 18.0 Å². The van der Waals surface area contributed by atoms with Crippen LogP contribution >= 0.6 is 11.6 Å². The van der Waals surface area contributed by atoms with Gasteiger partial charge in [-0.25, -0.2) is 0 Å². The summed E-state index contributed by atoms with van der Waals surface area (Å²) in [6.45, 7) is 0.288. The zero-order valence-electron chi connectivity index (χ0n) is 16.9. The van der Waals surface area contributed by atoms with E-state index in [2.05, 4.69) is 16.0 Å². The van der Waals surface area contributed by atoms with Gasteiger partial charge >= 0.3 is 35.5 Å². The van der Waals surface area contributed by atoms with E-state index in [9.17, 15) is 14.4 Å². The van der Waals surface area contributed by atoms with Crippen LogP contribution < -0.4 is 45.5 Å². The fourth-order valence-corrected chi connectivity index (χ4v) is 2.94. The van der Waals surface area contributed by atoms with E-state index in [1.54, 1.807) is 24.3 Å². The number of benzene rings is 2. The van der Waals surface area contributed by atoms with Gasteiger partial charge in [-0.05, 0) is 23.3 Å². The monoisotopic (exact) mass is 425 g/mol. The second-order valence-corrected chi connectivity index (χ2v) is 6.99. The van der Waals surface area contributed by atoms with Gasteiger partial charge < -0.3 is 17.2 Å². The van der Waals surface area contributed by atoms with Gasteiger partial charge in [-0.1, -0.05) is 54.1 Å². The zero-order valence-corrected chi connectivity index (χ0v) is 18.6. The summed E-state index contributed by atoms with van der Waals surface area (Å²) >= 11 is 5.86. The average molecular weight is 426 g/mol. The van der Waals surface area contributed by atoms with Crippen molar-refractivity contribution in [1.82, 2.24) is 16.0 Å². The summed E-state index contributed by atoms with van der Waals surface area (Å²) in [5, 5.41) is 17.6. The van der Waals surface area contributed by atoms with Crippen molar-refractivity contribution in [3.05, 3.63) is 70.7 Å². The normalized spacial score (nSPS) is 18.1. The Bertz CT molecular complexity index is 870. The molecule has 0 unspecified atom stereocenters. The Kier molecular flexibility index (Phi) is 8.67. The Hall–Kier alpha value is -1.90. The Balaban J connectivity index is 0.00000225. The first kappa shape index (κ1) is 23.4. The number of hydrogen-bond acceptors (Lipinski definition) is 4. The average Bonchev–Trinajstić information content (AvgIpc) is 3.49. The van der Waals surface area contributed by atoms with Gasteiger partial charge in [-0.3, -0.25) is 19.7 Å². The summed E-state index contributed by atoms with van der Waals surface area (Å²) < 4.78 is 0. The minimum Gasteiger partial charge on any atom is -1.00 e. The van der Waals surface area contributed by atoms with Crippen LogP contribution in [0.5, 0.6) is 0 Å². The minimum atomic E-state index is -1.09. The minimum absolute atomic E-state index is 0. The fraction of sp³-hybridized carbons (Fsp3) is 0.250. The van der Waals surface area contributed by atoms with Crippen LogP contribution in [-0.4, -0.2) is 41.0 Å². The maximum atomic E-state index is 12.7. The van der Waals surface area contributed by atoms with Crippen LogP contribution in [0.3, 0.4) is 0 Å². The maximum absolute atomic E-state index is 12.7. The van der Waals surface area contributed by atoms with Crippen LogP contribution in [0.4, 0.5) is 0 Å². The molecule has 2 aromatic rings. The molecule has 0 saturated carbocycles. The molecule has 3 atom stereocenters. The van der Waals surface area contributed by atoms with Crippen molar-refractivity contribution in [2.75, 3.05) is 0 Å². The number of carboxylic acids is 1. The molecule has 2 amide bonds. The Morgan fingerprint density at radius 3 is 2.28 bits per heavy atom. The molecular formula is C20H21ClN3NaO4. The molecule has 0 radical (unpaired) electrons. The van der Waals surface area contributed by atoms with Crippen LogP contribution in [0.2, 0.25) is 5.02 Å². The summed E-state index contributed by atoms with van der Waals surface area (Å²) in [7, 11) is 0. The molecule has 1 aliphatic heterocycles. The second-order valence-electron chi connectivity index (χ2n) is 6.56. The summed E-state index contributed by atoms with van der Waals surface area (Å²) in [5.41, 5.74) is 1.75. The van der Waals surface area contributed by atoms with Crippen molar-refractivity contribution < 1.29 is 50.5 Å². The molecule has 2 aromatic carbocycles. The van der Waals surface area contributed by atoms with E-state index in [4.69, 9.17) is 16.7 Å². The molecule has 7 nitrogen and oxygen atoms in total. The molecule has 29 heavy (non-hydrogen) atoms. The smallest absolute Gasteiger partial charge is 1.00 e. The first-order valence-corrected chi connectivity index (χ1v) is 9.17. The SMILES string of the molecule is O=C(NCc1ccc(Cl)cc1)[C@H](Cc1ccccc1)NC(=O)[C@H]1N[C@@H]1C(=O)O.[H-].[Na+]. The van der Waals surface area contributed by atoms with Crippen LogP contribution in [0.25, 0.3) is 0 Å². The van der Waals surface area contributed by atoms with Gasteiger partial charge in [0.1, 0.15) is 18.1 Å². The number of rotatable bonds is 8. The quantitative estimate of drug-likeness (QED) is 0.295. The molecule has 0 spiro atoms. The van der Waals surface area contributed by atoms with Gasteiger partial charge in [-0.2, -0.15) is 0 Å². The molecular weight excluding hydrogens is 405 g/mol. The summed E-state index contributed by atoms with van der Waals surface area (Å²) in [4.78, 5) is 35.9. The predicted octanol–water partition coefficient (Wildman–Crippen LogP) is -1.77. The molecule has 4 N–H and O–H groups in total. The molecule has 0 bridgehead atoms. The standard InChI is InChI=1S/C20H20ClN3O4.Na.H/c21-14-8-6-13(7-9-14)11-22-18(25)15(10-12-4-2-1-3-5-12)23-19(26)16-17(24-16)20(27)28;;/h1-9,15-17,24H,10-11H2,(H,22,25)(H,23,26)(H,27,28);;/q;+1;-1/t15-,16-,17-;;/m0../s1. The Morgan fingerprint density at radius 1 is 1.03 bits per heavy atom. The molecule has 1 heterocycles. The number of aliphatic carboxylic acids is 1. The van der Waals surface area contributed by atoms with Crippen molar-refractivity contribution in [3.8, 4) is 0 Å². The third-order valence-electron chi connectivity index (χ3n) is 4.43. The van der Waals surface area contributed by atoms with E-state index in [1.165, 1.54) is 0 Å². The van der Waals surface area contributed by atoms with Crippen LogP contribution in [0.1, 0.15) is 12.6 Å². The largest absolute Gasteiger partial charge is 1.00 e. The van der Waals surface area contributed by atoms with Crippen LogP contribution in [0, 0.1) is 0 Å². The second kappa shape index (κ2) is 10.8.